The van der Waals surface area contributed by atoms with E-state index in [0.29, 0.717) is 13.0 Å². The number of carbonyl (C=O) groups is 1. The van der Waals surface area contributed by atoms with Crippen molar-refractivity contribution in [1.82, 2.24) is 4.90 Å². The maximum absolute atomic E-state index is 13.2. The summed E-state index contributed by atoms with van der Waals surface area (Å²) >= 11 is 0. The molecule has 1 aromatic carbocycles. The fourth-order valence-electron chi connectivity index (χ4n) is 3.00. The van der Waals surface area contributed by atoms with Crippen molar-refractivity contribution in [2.75, 3.05) is 24.1 Å². The van der Waals surface area contributed by atoms with Gasteiger partial charge in [0.05, 0.1) is 23.0 Å². The Kier molecular flexibility index (Phi) is 5.93. The van der Waals surface area contributed by atoms with Gasteiger partial charge in [0.25, 0.3) is 0 Å². The summed E-state index contributed by atoms with van der Waals surface area (Å²) in [6, 6.07) is 3.44. The lowest BCUT2D eigenvalue weighted by Gasteiger charge is -2.37. The molecule has 1 heterocycles. The lowest BCUT2D eigenvalue weighted by atomic mass is 10.0. The summed E-state index contributed by atoms with van der Waals surface area (Å²) in [5, 5.41) is 2.81. The van der Waals surface area contributed by atoms with Crippen LogP contribution in [0.3, 0.4) is 0 Å². The second-order valence-corrected chi connectivity index (χ2v) is 7.47. The summed E-state index contributed by atoms with van der Waals surface area (Å²) in [5.74, 6) is 0. The second kappa shape index (κ2) is 7.63. The first-order valence-electron chi connectivity index (χ1n) is 8.68. The Bertz CT molecular complexity index is 642. The summed E-state index contributed by atoms with van der Waals surface area (Å²) in [5.41, 5.74) is 4.19. The number of nitrogens with zero attached hydrogens (tertiary/aromatic N) is 1. The number of piperidine rings is 1. The van der Waals surface area contributed by atoms with Gasteiger partial charge >= 0.3 is 12.3 Å². The second-order valence-electron chi connectivity index (χ2n) is 7.47. The molecule has 0 aliphatic carbocycles. The van der Waals surface area contributed by atoms with E-state index in [9.17, 15) is 18.0 Å². The zero-order valence-electron chi connectivity index (χ0n) is 15.3. The maximum atomic E-state index is 13.2. The molecule has 1 amide bonds. The van der Waals surface area contributed by atoms with Gasteiger partial charge in [-0.1, -0.05) is 6.07 Å². The number of halogens is 3. The van der Waals surface area contributed by atoms with E-state index >= 15 is 0 Å². The van der Waals surface area contributed by atoms with Crippen molar-refractivity contribution in [2.45, 2.75) is 57.9 Å². The van der Waals surface area contributed by atoms with E-state index in [1.54, 1.807) is 25.7 Å². The van der Waals surface area contributed by atoms with Crippen LogP contribution in [0.5, 0.6) is 0 Å². The first-order chi connectivity index (χ1) is 12.0. The van der Waals surface area contributed by atoms with Crippen LogP contribution < -0.4 is 11.1 Å². The molecule has 1 aliphatic rings. The maximum Gasteiger partial charge on any atom is 0.418 e. The predicted octanol–water partition coefficient (Wildman–Crippen LogP) is 4.49. The SMILES string of the molecule is CC(C)(C)OC(=O)N1CCCCC1CNc1c(N)cccc1C(F)(F)F. The minimum Gasteiger partial charge on any atom is -0.444 e. The molecule has 3 N–H and O–H groups in total. The van der Waals surface area contributed by atoms with Gasteiger partial charge in [-0.2, -0.15) is 13.2 Å². The third-order valence-electron chi connectivity index (χ3n) is 4.17. The molecule has 0 radical (unpaired) electrons. The van der Waals surface area contributed by atoms with Crippen molar-refractivity contribution in [2.24, 2.45) is 0 Å². The number of hydrogen-bond donors (Lipinski definition) is 2. The first kappa shape index (κ1) is 20.2. The molecule has 26 heavy (non-hydrogen) atoms. The zero-order valence-corrected chi connectivity index (χ0v) is 15.3. The Morgan fingerprint density at radius 3 is 2.62 bits per heavy atom. The number of benzene rings is 1. The number of anilines is 2. The minimum absolute atomic E-state index is 0.0273. The molecule has 1 aromatic rings. The first-order valence-corrected chi connectivity index (χ1v) is 8.68. The number of alkyl halides is 3. The summed E-state index contributed by atoms with van der Waals surface area (Å²) in [4.78, 5) is 14.0. The minimum atomic E-state index is -4.50. The van der Waals surface area contributed by atoms with Crippen LogP contribution in [-0.2, 0) is 10.9 Å². The number of para-hydroxylation sites is 1. The molecule has 8 heteroatoms. The van der Waals surface area contributed by atoms with Crippen LogP contribution in [0, 0.1) is 0 Å². The molecular weight excluding hydrogens is 347 g/mol. The normalized spacial score (nSPS) is 18.5. The van der Waals surface area contributed by atoms with Crippen molar-refractivity contribution in [3.63, 3.8) is 0 Å². The summed E-state index contributed by atoms with van der Waals surface area (Å²) in [6.07, 6.45) is -2.50. The highest BCUT2D eigenvalue weighted by Crippen LogP contribution is 2.37. The number of rotatable bonds is 3. The molecule has 146 valence electrons. The molecule has 0 spiro atoms. The average Bonchev–Trinajstić information content (AvgIpc) is 2.51. The Balaban J connectivity index is 2.13. The van der Waals surface area contributed by atoms with E-state index in [1.165, 1.54) is 12.1 Å². The van der Waals surface area contributed by atoms with Crippen LogP contribution in [0.1, 0.15) is 45.6 Å². The lowest BCUT2D eigenvalue weighted by molar-refractivity contribution is -0.136. The van der Waals surface area contributed by atoms with Gasteiger partial charge in [-0.3, -0.25) is 0 Å². The Labute approximate surface area is 151 Å². The number of nitrogen functional groups attached to an aromatic ring is 1. The largest absolute Gasteiger partial charge is 0.444 e. The van der Waals surface area contributed by atoms with Crippen molar-refractivity contribution in [3.05, 3.63) is 23.8 Å². The highest BCUT2D eigenvalue weighted by molar-refractivity contribution is 5.72. The molecule has 2 rings (SSSR count). The highest BCUT2D eigenvalue weighted by atomic mass is 19.4. The van der Waals surface area contributed by atoms with Crippen molar-refractivity contribution < 1.29 is 22.7 Å². The van der Waals surface area contributed by atoms with Crippen molar-refractivity contribution in [1.29, 1.82) is 0 Å². The van der Waals surface area contributed by atoms with Gasteiger partial charge in [-0.25, -0.2) is 4.79 Å². The van der Waals surface area contributed by atoms with Crippen LogP contribution in [0.25, 0.3) is 0 Å². The molecular formula is C18H26F3N3O2. The smallest absolute Gasteiger partial charge is 0.418 e. The number of carbonyl (C=O) groups excluding carboxylic acids is 1. The van der Waals surface area contributed by atoms with Crippen LogP contribution in [0.15, 0.2) is 18.2 Å². The number of ether oxygens (including phenoxy) is 1. The Morgan fingerprint density at radius 2 is 2.00 bits per heavy atom. The van der Waals surface area contributed by atoms with Crippen LogP contribution in [0.4, 0.5) is 29.3 Å². The van der Waals surface area contributed by atoms with Gasteiger partial charge in [0.1, 0.15) is 5.60 Å². The van der Waals surface area contributed by atoms with E-state index in [1.807, 2.05) is 0 Å². The van der Waals surface area contributed by atoms with Gasteiger partial charge < -0.3 is 20.7 Å². The van der Waals surface area contributed by atoms with Crippen LogP contribution >= 0.6 is 0 Å². The number of amides is 1. The molecule has 0 aromatic heterocycles. The zero-order chi connectivity index (χ0) is 19.5. The number of likely N-dealkylation sites (tertiary alicyclic amines) is 1. The van der Waals surface area contributed by atoms with Gasteiger partial charge in [0.15, 0.2) is 0 Å². The van der Waals surface area contributed by atoms with E-state index < -0.39 is 23.4 Å². The summed E-state index contributed by atoms with van der Waals surface area (Å²) < 4.78 is 45.0. The van der Waals surface area contributed by atoms with E-state index in [-0.39, 0.29) is 24.0 Å². The standard InChI is InChI=1S/C18H26F3N3O2/c1-17(2,3)26-16(25)24-10-5-4-7-12(24)11-23-15-13(18(19,20)21)8-6-9-14(15)22/h6,8-9,12,23H,4-5,7,10-11,22H2,1-3H3. The van der Waals surface area contributed by atoms with Gasteiger partial charge in [-0.05, 0) is 52.2 Å². The summed E-state index contributed by atoms with van der Waals surface area (Å²) in [6.45, 7) is 6.04. The predicted molar refractivity (Wildman–Crippen MR) is 94.9 cm³/mol. The highest BCUT2D eigenvalue weighted by Gasteiger charge is 2.35. The Hall–Kier alpha value is -2.12. The van der Waals surface area contributed by atoms with E-state index in [2.05, 4.69) is 5.32 Å². The quantitative estimate of drug-likeness (QED) is 0.766. The van der Waals surface area contributed by atoms with Crippen molar-refractivity contribution >= 4 is 17.5 Å². The fourth-order valence-corrected chi connectivity index (χ4v) is 3.00. The van der Waals surface area contributed by atoms with Gasteiger partial charge in [0, 0.05) is 13.1 Å². The Morgan fingerprint density at radius 1 is 1.31 bits per heavy atom. The molecule has 0 saturated carbocycles. The number of hydrogen-bond acceptors (Lipinski definition) is 4. The van der Waals surface area contributed by atoms with Crippen molar-refractivity contribution in [3.8, 4) is 0 Å². The third-order valence-corrected chi connectivity index (χ3v) is 4.17. The lowest BCUT2D eigenvalue weighted by Crippen LogP contribution is -2.49. The molecule has 1 unspecified atom stereocenters. The molecule has 5 nitrogen and oxygen atoms in total. The van der Waals surface area contributed by atoms with Crippen LogP contribution in [-0.4, -0.2) is 35.7 Å². The van der Waals surface area contributed by atoms with E-state index in [0.717, 1.165) is 18.9 Å². The van der Waals surface area contributed by atoms with Gasteiger partial charge in [-0.15, -0.1) is 0 Å². The number of nitrogens with two attached hydrogens (primary N) is 1. The summed E-state index contributed by atoms with van der Waals surface area (Å²) in [7, 11) is 0. The van der Waals surface area contributed by atoms with Gasteiger partial charge in [0.2, 0.25) is 0 Å². The van der Waals surface area contributed by atoms with E-state index in [4.69, 9.17) is 10.5 Å². The molecule has 1 atom stereocenters. The molecule has 0 bridgehead atoms. The fraction of sp³-hybridized carbons (Fsp3) is 0.611. The average molecular weight is 373 g/mol. The monoisotopic (exact) mass is 373 g/mol. The van der Waals surface area contributed by atoms with Crippen LogP contribution in [0.2, 0.25) is 0 Å². The molecule has 1 saturated heterocycles. The number of nitrogens with one attached hydrogen (secondary N) is 1. The molecule has 1 fully saturated rings. The molecule has 1 aliphatic heterocycles. The third kappa shape index (κ3) is 5.19. The topological polar surface area (TPSA) is 67.6 Å².